The van der Waals surface area contributed by atoms with Gasteiger partial charge in [-0.3, -0.25) is 4.79 Å². The van der Waals surface area contributed by atoms with Gasteiger partial charge < -0.3 is 14.2 Å². The standard InChI is InChI=1S/C20H24F2N4O2/c21-15-7-8-17(16(22)11-15)28-13-19(27)25-9-4-5-14(12-25)20-24-23-18-6-2-1-3-10-26(18)20/h7-8,11,14H,1-6,9-10,12-13H2. The summed E-state index contributed by atoms with van der Waals surface area (Å²) in [5.74, 6) is 0.360. The van der Waals surface area contributed by atoms with Crippen molar-refractivity contribution in [2.24, 2.45) is 0 Å². The molecule has 2 aliphatic rings. The molecule has 1 amide bonds. The van der Waals surface area contributed by atoms with E-state index in [1.165, 1.54) is 12.5 Å². The van der Waals surface area contributed by atoms with Crippen molar-refractivity contribution in [2.75, 3.05) is 19.7 Å². The number of amides is 1. The van der Waals surface area contributed by atoms with E-state index in [9.17, 15) is 13.6 Å². The average molecular weight is 390 g/mol. The number of fused-ring (bicyclic) bond motifs is 1. The zero-order chi connectivity index (χ0) is 19.5. The van der Waals surface area contributed by atoms with Crippen LogP contribution in [0, 0.1) is 11.6 Å². The maximum Gasteiger partial charge on any atom is 0.260 e. The Hall–Kier alpha value is -2.51. The molecule has 150 valence electrons. The second kappa shape index (κ2) is 8.24. The van der Waals surface area contributed by atoms with Crippen molar-refractivity contribution >= 4 is 5.91 Å². The van der Waals surface area contributed by atoms with E-state index in [1.807, 2.05) is 0 Å². The lowest BCUT2D eigenvalue weighted by Crippen LogP contribution is -2.42. The van der Waals surface area contributed by atoms with Crippen LogP contribution in [0.25, 0.3) is 0 Å². The number of rotatable bonds is 4. The van der Waals surface area contributed by atoms with Gasteiger partial charge in [0.2, 0.25) is 0 Å². The maximum absolute atomic E-state index is 13.7. The van der Waals surface area contributed by atoms with Gasteiger partial charge in [-0.2, -0.15) is 0 Å². The molecule has 3 heterocycles. The minimum absolute atomic E-state index is 0.119. The zero-order valence-corrected chi connectivity index (χ0v) is 15.7. The Balaban J connectivity index is 1.39. The summed E-state index contributed by atoms with van der Waals surface area (Å²) in [4.78, 5) is 14.3. The number of carbonyl (C=O) groups is 1. The molecule has 28 heavy (non-hydrogen) atoms. The zero-order valence-electron chi connectivity index (χ0n) is 15.7. The summed E-state index contributed by atoms with van der Waals surface area (Å²) in [6.45, 7) is 1.88. The Morgan fingerprint density at radius 1 is 1.14 bits per heavy atom. The molecule has 1 unspecified atom stereocenters. The second-order valence-corrected chi connectivity index (χ2v) is 7.48. The molecule has 2 aliphatic heterocycles. The van der Waals surface area contributed by atoms with Crippen molar-refractivity contribution in [3.8, 4) is 5.75 Å². The molecular formula is C20H24F2N4O2. The first kappa shape index (κ1) is 18.8. The normalized spacial score (nSPS) is 19.8. The molecule has 0 aliphatic carbocycles. The van der Waals surface area contributed by atoms with Crippen LogP contribution in [0.15, 0.2) is 18.2 Å². The van der Waals surface area contributed by atoms with Crippen LogP contribution in [0.3, 0.4) is 0 Å². The van der Waals surface area contributed by atoms with E-state index in [0.29, 0.717) is 13.1 Å². The second-order valence-electron chi connectivity index (χ2n) is 7.48. The van der Waals surface area contributed by atoms with Gasteiger partial charge in [0.1, 0.15) is 17.5 Å². The van der Waals surface area contributed by atoms with Crippen LogP contribution in [0.4, 0.5) is 8.78 Å². The number of halogens is 2. The molecule has 4 rings (SSSR count). The van der Waals surface area contributed by atoms with Crippen molar-refractivity contribution in [1.29, 1.82) is 0 Å². The molecule has 1 atom stereocenters. The lowest BCUT2D eigenvalue weighted by atomic mass is 9.97. The van der Waals surface area contributed by atoms with Crippen LogP contribution in [0.1, 0.15) is 49.7 Å². The van der Waals surface area contributed by atoms with Gasteiger partial charge in [0.25, 0.3) is 5.91 Å². The Morgan fingerprint density at radius 2 is 2.04 bits per heavy atom. The number of aromatic nitrogens is 3. The first-order valence-electron chi connectivity index (χ1n) is 9.89. The number of ether oxygens (including phenoxy) is 1. The summed E-state index contributed by atoms with van der Waals surface area (Å²) in [5, 5.41) is 8.80. The molecular weight excluding hydrogens is 366 g/mol. The Labute approximate surface area is 162 Å². The van der Waals surface area contributed by atoms with Gasteiger partial charge in [0, 0.05) is 38.0 Å². The highest BCUT2D eigenvalue weighted by atomic mass is 19.1. The molecule has 1 aromatic carbocycles. The van der Waals surface area contributed by atoms with Crippen LogP contribution < -0.4 is 4.74 Å². The van der Waals surface area contributed by atoms with Crippen molar-refractivity contribution in [2.45, 2.75) is 51.0 Å². The van der Waals surface area contributed by atoms with Crippen molar-refractivity contribution in [3.05, 3.63) is 41.5 Å². The monoisotopic (exact) mass is 390 g/mol. The molecule has 0 bridgehead atoms. The third kappa shape index (κ3) is 4.00. The number of hydrogen-bond donors (Lipinski definition) is 0. The summed E-state index contributed by atoms with van der Waals surface area (Å²) in [6, 6.07) is 3.05. The molecule has 6 nitrogen and oxygen atoms in total. The Morgan fingerprint density at radius 3 is 2.89 bits per heavy atom. The molecule has 0 radical (unpaired) electrons. The quantitative estimate of drug-likeness (QED) is 0.805. The van der Waals surface area contributed by atoms with E-state index in [4.69, 9.17) is 4.74 Å². The lowest BCUT2D eigenvalue weighted by molar-refractivity contribution is -0.134. The van der Waals surface area contributed by atoms with E-state index in [2.05, 4.69) is 14.8 Å². The van der Waals surface area contributed by atoms with E-state index in [-0.39, 0.29) is 24.2 Å². The summed E-state index contributed by atoms with van der Waals surface area (Å²) in [5.41, 5.74) is 0. The molecule has 0 N–H and O–H groups in total. The number of carbonyl (C=O) groups excluding carboxylic acids is 1. The summed E-state index contributed by atoms with van der Waals surface area (Å²) >= 11 is 0. The largest absolute Gasteiger partial charge is 0.481 e. The highest BCUT2D eigenvalue weighted by Crippen LogP contribution is 2.28. The number of piperidine rings is 1. The first-order chi connectivity index (χ1) is 13.6. The topological polar surface area (TPSA) is 60.2 Å². The molecule has 1 saturated heterocycles. The fourth-order valence-electron chi connectivity index (χ4n) is 4.05. The van der Waals surface area contributed by atoms with Gasteiger partial charge in [0.05, 0.1) is 0 Å². The van der Waals surface area contributed by atoms with E-state index < -0.39 is 11.6 Å². The maximum atomic E-state index is 13.7. The van der Waals surface area contributed by atoms with Crippen molar-refractivity contribution < 1.29 is 18.3 Å². The summed E-state index contributed by atoms with van der Waals surface area (Å²) in [6.07, 6.45) is 6.28. The highest BCUT2D eigenvalue weighted by Gasteiger charge is 2.29. The third-order valence-corrected chi connectivity index (χ3v) is 5.52. The van der Waals surface area contributed by atoms with Gasteiger partial charge in [-0.25, -0.2) is 8.78 Å². The first-order valence-corrected chi connectivity index (χ1v) is 9.89. The number of nitrogens with zero attached hydrogens (tertiary/aromatic N) is 4. The van der Waals surface area contributed by atoms with Crippen LogP contribution in [-0.4, -0.2) is 45.3 Å². The number of hydrogen-bond acceptors (Lipinski definition) is 4. The van der Waals surface area contributed by atoms with Gasteiger partial charge >= 0.3 is 0 Å². The molecule has 1 aromatic heterocycles. The minimum atomic E-state index is -0.810. The predicted octanol–water partition coefficient (Wildman–Crippen LogP) is 3.07. The number of likely N-dealkylation sites (tertiary alicyclic amines) is 1. The van der Waals surface area contributed by atoms with Gasteiger partial charge in [0.15, 0.2) is 18.2 Å². The SMILES string of the molecule is O=C(COc1ccc(F)cc1F)N1CCCC(c2nnc3n2CCCCC3)C1. The predicted molar refractivity (Wildman–Crippen MR) is 98.0 cm³/mol. The van der Waals surface area contributed by atoms with Crippen LogP contribution in [0.2, 0.25) is 0 Å². The van der Waals surface area contributed by atoms with E-state index >= 15 is 0 Å². The van der Waals surface area contributed by atoms with E-state index in [1.54, 1.807) is 4.90 Å². The molecule has 1 fully saturated rings. The Bertz CT molecular complexity index is 855. The van der Waals surface area contributed by atoms with Gasteiger partial charge in [-0.15, -0.1) is 10.2 Å². The van der Waals surface area contributed by atoms with Gasteiger partial charge in [-0.1, -0.05) is 6.42 Å². The average Bonchev–Trinajstić information content (AvgIpc) is 2.95. The molecule has 0 saturated carbocycles. The van der Waals surface area contributed by atoms with Crippen molar-refractivity contribution in [3.63, 3.8) is 0 Å². The van der Waals surface area contributed by atoms with E-state index in [0.717, 1.165) is 62.4 Å². The van der Waals surface area contributed by atoms with Gasteiger partial charge in [-0.05, 0) is 37.8 Å². The summed E-state index contributed by atoms with van der Waals surface area (Å²) < 4.78 is 34.2. The highest BCUT2D eigenvalue weighted by molar-refractivity contribution is 5.78. The number of benzene rings is 1. The molecule has 2 aromatic rings. The minimum Gasteiger partial charge on any atom is -0.481 e. The summed E-state index contributed by atoms with van der Waals surface area (Å²) in [7, 11) is 0. The fourth-order valence-corrected chi connectivity index (χ4v) is 4.05. The fraction of sp³-hybridized carbons (Fsp3) is 0.550. The lowest BCUT2D eigenvalue weighted by Gasteiger charge is -2.32. The van der Waals surface area contributed by atoms with Crippen LogP contribution >= 0.6 is 0 Å². The Kier molecular flexibility index (Phi) is 5.54. The third-order valence-electron chi connectivity index (χ3n) is 5.52. The molecule has 8 heteroatoms. The number of aryl methyl sites for hydroxylation is 1. The van der Waals surface area contributed by atoms with Crippen LogP contribution in [-0.2, 0) is 17.8 Å². The van der Waals surface area contributed by atoms with Crippen molar-refractivity contribution in [1.82, 2.24) is 19.7 Å². The van der Waals surface area contributed by atoms with Crippen LogP contribution in [0.5, 0.6) is 5.75 Å². The smallest absolute Gasteiger partial charge is 0.260 e. The molecule has 0 spiro atoms.